The average Bonchev–Trinajstić information content (AvgIpc) is 3.36. The summed E-state index contributed by atoms with van der Waals surface area (Å²) in [5.74, 6) is 0.0810. The fraction of sp³-hybridized carbons (Fsp3) is 0.407. The Bertz CT molecular complexity index is 1090. The van der Waals surface area contributed by atoms with Crippen LogP contribution in [0.15, 0.2) is 48.0 Å². The van der Waals surface area contributed by atoms with Crippen molar-refractivity contribution >= 4 is 17.4 Å². The van der Waals surface area contributed by atoms with Crippen LogP contribution in [0.4, 0.5) is 0 Å². The zero-order valence-electron chi connectivity index (χ0n) is 19.5. The van der Waals surface area contributed by atoms with Crippen LogP contribution in [0.5, 0.6) is 11.5 Å². The predicted molar refractivity (Wildman–Crippen MR) is 126 cm³/mol. The molecule has 0 spiro atoms. The van der Waals surface area contributed by atoms with Crippen LogP contribution in [-0.2, 0) is 16.0 Å². The number of amides is 1. The van der Waals surface area contributed by atoms with Crippen molar-refractivity contribution in [1.29, 1.82) is 0 Å². The van der Waals surface area contributed by atoms with Crippen LogP contribution in [-0.4, -0.2) is 41.0 Å². The minimum atomic E-state index is -0.665. The second-order valence-electron chi connectivity index (χ2n) is 8.86. The van der Waals surface area contributed by atoms with Crippen LogP contribution >= 0.6 is 0 Å². The first kappa shape index (κ1) is 22.9. The highest BCUT2D eigenvalue weighted by Crippen LogP contribution is 2.41. The fourth-order valence-corrected chi connectivity index (χ4v) is 4.51. The number of nitrogens with zero attached hydrogens (tertiary/aromatic N) is 1. The molecule has 1 unspecified atom stereocenters. The standard InChI is InChI=1S/C27H31NO5/c1-4-5-6-13-28-24(19-8-7-9-21(16-19)33-17(2)3)23(26(30)27(28)31)25(29)20-10-11-22-18(15-20)12-14-32-22/h7-11,15-17,24,29H,4-6,12-14H2,1-3H3/b25-23-. The summed E-state index contributed by atoms with van der Waals surface area (Å²) in [4.78, 5) is 27.8. The number of ketones is 1. The lowest BCUT2D eigenvalue weighted by atomic mass is 9.94. The Morgan fingerprint density at radius 3 is 2.76 bits per heavy atom. The van der Waals surface area contributed by atoms with Crippen molar-refractivity contribution in [3.8, 4) is 11.5 Å². The maximum Gasteiger partial charge on any atom is 0.295 e. The van der Waals surface area contributed by atoms with E-state index < -0.39 is 17.7 Å². The molecule has 0 aromatic heterocycles. The highest BCUT2D eigenvalue weighted by Gasteiger charge is 2.46. The van der Waals surface area contributed by atoms with Gasteiger partial charge in [-0.1, -0.05) is 31.9 Å². The molecule has 174 valence electrons. The van der Waals surface area contributed by atoms with Gasteiger partial charge in [-0.05, 0) is 61.7 Å². The number of unbranched alkanes of at least 4 members (excludes halogenated alkanes) is 2. The normalized spacial score (nSPS) is 19.2. The number of hydrogen-bond acceptors (Lipinski definition) is 5. The molecule has 1 saturated heterocycles. The molecular weight excluding hydrogens is 418 g/mol. The summed E-state index contributed by atoms with van der Waals surface area (Å²) in [6, 6.07) is 12.2. The Morgan fingerprint density at radius 2 is 2.00 bits per heavy atom. The van der Waals surface area contributed by atoms with Crippen molar-refractivity contribution in [2.75, 3.05) is 13.2 Å². The van der Waals surface area contributed by atoms with Gasteiger partial charge in [-0.25, -0.2) is 0 Å². The number of hydrogen-bond donors (Lipinski definition) is 1. The van der Waals surface area contributed by atoms with Gasteiger partial charge in [0.05, 0.1) is 24.3 Å². The van der Waals surface area contributed by atoms with Crippen molar-refractivity contribution in [2.45, 2.75) is 58.6 Å². The smallest absolute Gasteiger partial charge is 0.295 e. The summed E-state index contributed by atoms with van der Waals surface area (Å²) < 4.78 is 11.4. The molecule has 1 atom stereocenters. The summed E-state index contributed by atoms with van der Waals surface area (Å²) in [7, 11) is 0. The molecule has 2 aromatic carbocycles. The lowest BCUT2D eigenvalue weighted by Gasteiger charge is -2.26. The van der Waals surface area contributed by atoms with Crippen molar-refractivity contribution in [3.05, 3.63) is 64.7 Å². The molecule has 2 heterocycles. The molecule has 2 aliphatic heterocycles. The summed E-state index contributed by atoms with van der Waals surface area (Å²) in [5.41, 5.74) is 2.37. The molecule has 0 radical (unpaired) electrons. The molecule has 0 aliphatic carbocycles. The highest BCUT2D eigenvalue weighted by molar-refractivity contribution is 6.46. The molecule has 2 aromatic rings. The average molecular weight is 450 g/mol. The molecule has 0 bridgehead atoms. The first-order valence-electron chi connectivity index (χ1n) is 11.7. The summed E-state index contributed by atoms with van der Waals surface area (Å²) in [5, 5.41) is 11.3. The van der Waals surface area contributed by atoms with Crippen molar-refractivity contribution < 1.29 is 24.2 Å². The van der Waals surface area contributed by atoms with E-state index in [1.807, 2.05) is 44.2 Å². The van der Waals surface area contributed by atoms with Gasteiger partial charge in [0, 0.05) is 18.5 Å². The number of fused-ring (bicyclic) bond motifs is 1. The maximum atomic E-state index is 13.2. The number of carbonyl (C=O) groups is 2. The molecule has 33 heavy (non-hydrogen) atoms. The van der Waals surface area contributed by atoms with Gasteiger partial charge in [0.2, 0.25) is 0 Å². The topological polar surface area (TPSA) is 76.1 Å². The third-order valence-corrected chi connectivity index (χ3v) is 6.05. The van der Waals surface area contributed by atoms with E-state index in [-0.39, 0.29) is 17.4 Å². The van der Waals surface area contributed by atoms with E-state index in [2.05, 4.69) is 6.92 Å². The summed E-state index contributed by atoms with van der Waals surface area (Å²) >= 11 is 0. The van der Waals surface area contributed by atoms with E-state index in [1.54, 1.807) is 17.0 Å². The van der Waals surface area contributed by atoms with Crippen LogP contribution < -0.4 is 9.47 Å². The fourth-order valence-electron chi connectivity index (χ4n) is 4.51. The SMILES string of the molecule is CCCCCN1C(=O)C(=O)/C(=C(\O)c2ccc3c(c2)CCO3)C1c1cccc(OC(C)C)c1. The summed E-state index contributed by atoms with van der Waals surface area (Å²) in [6.45, 7) is 7.04. The zero-order chi connectivity index (χ0) is 23.5. The van der Waals surface area contributed by atoms with Crippen LogP contribution in [0.2, 0.25) is 0 Å². The Morgan fingerprint density at radius 1 is 1.18 bits per heavy atom. The van der Waals surface area contributed by atoms with Gasteiger partial charge in [0.25, 0.3) is 11.7 Å². The van der Waals surface area contributed by atoms with Gasteiger partial charge >= 0.3 is 0 Å². The van der Waals surface area contributed by atoms with Crippen LogP contribution in [0, 0.1) is 0 Å². The van der Waals surface area contributed by atoms with Gasteiger partial charge in [-0.3, -0.25) is 9.59 Å². The van der Waals surface area contributed by atoms with Gasteiger partial charge in [-0.15, -0.1) is 0 Å². The number of rotatable bonds is 8. The van der Waals surface area contributed by atoms with Crippen LogP contribution in [0.1, 0.15) is 62.8 Å². The number of aliphatic hydroxyl groups is 1. The lowest BCUT2D eigenvalue weighted by molar-refractivity contribution is -0.139. The molecule has 2 aliphatic rings. The van der Waals surface area contributed by atoms with E-state index in [9.17, 15) is 14.7 Å². The number of likely N-dealkylation sites (tertiary alicyclic amines) is 1. The number of aliphatic hydroxyl groups excluding tert-OH is 1. The number of carbonyl (C=O) groups excluding carboxylic acids is 2. The second-order valence-corrected chi connectivity index (χ2v) is 8.86. The largest absolute Gasteiger partial charge is 0.507 e. The van der Waals surface area contributed by atoms with E-state index in [0.29, 0.717) is 24.5 Å². The van der Waals surface area contributed by atoms with Crippen molar-refractivity contribution in [1.82, 2.24) is 4.90 Å². The number of Topliss-reactive ketones (excluding diaryl/α,β-unsaturated/α-hetero) is 1. The minimum absolute atomic E-state index is 0.00945. The third-order valence-electron chi connectivity index (χ3n) is 6.05. The van der Waals surface area contributed by atoms with E-state index in [1.165, 1.54) is 0 Å². The predicted octanol–water partition coefficient (Wildman–Crippen LogP) is 5.02. The zero-order valence-corrected chi connectivity index (χ0v) is 19.5. The van der Waals surface area contributed by atoms with Gasteiger partial charge in [-0.2, -0.15) is 0 Å². The lowest BCUT2D eigenvalue weighted by Crippen LogP contribution is -2.30. The molecule has 6 nitrogen and oxygen atoms in total. The molecule has 1 amide bonds. The molecule has 1 N–H and O–H groups in total. The quantitative estimate of drug-likeness (QED) is 0.265. The Balaban J connectivity index is 1.80. The molecule has 6 heteroatoms. The van der Waals surface area contributed by atoms with Crippen molar-refractivity contribution in [2.24, 2.45) is 0 Å². The Hall–Kier alpha value is -3.28. The Kier molecular flexibility index (Phi) is 6.72. The summed E-state index contributed by atoms with van der Waals surface area (Å²) in [6.07, 6.45) is 3.49. The molecule has 0 saturated carbocycles. The third kappa shape index (κ3) is 4.61. The van der Waals surface area contributed by atoms with E-state index in [0.717, 1.165) is 42.6 Å². The first-order valence-corrected chi connectivity index (χ1v) is 11.7. The van der Waals surface area contributed by atoms with Gasteiger partial charge in [0.1, 0.15) is 17.3 Å². The van der Waals surface area contributed by atoms with E-state index in [4.69, 9.17) is 9.47 Å². The van der Waals surface area contributed by atoms with Crippen molar-refractivity contribution in [3.63, 3.8) is 0 Å². The molecule has 4 rings (SSSR count). The van der Waals surface area contributed by atoms with Gasteiger partial charge < -0.3 is 19.5 Å². The molecular formula is C27H31NO5. The molecule has 1 fully saturated rings. The monoisotopic (exact) mass is 449 g/mol. The van der Waals surface area contributed by atoms with E-state index >= 15 is 0 Å². The van der Waals surface area contributed by atoms with Gasteiger partial charge in [0.15, 0.2) is 0 Å². The van der Waals surface area contributed by atoms with Crippen LogP contribution in [0.3, 0.4) is 0 Å². The number of ether oxygens (including phenoxy) is 2. The Labute approximate surface area is 194 Å². The highest BCUT2D eigenvalue weighted by atomic mass is 16.5. The number of benzene rings is 2. The maximum absolute atomic E-state index is 13.2. The first-order chi connectivity index (χ1) is 15.9. The second kappa shape index (κ2) is 9.69. The van der Waals surface area contributed by atoms with Crippen LogP contribution in [0.25, 0.3) is 5.76 Å². The minimum Gasteiger partial charge on any atom is -0.507 e.